The lowest BCUT2D eigenvalue weighted by atomic mass is 9.66. The second-order valence-electron chi connectivity index (χ2n) is 6.09. The molecule has 0 aromatic heterocycles. The first-order valence-corrected chi connectivity index (χ1v) is 6.18. The summed E-state index contributed by atoms with van der Waals surface area (Å²) in [5.74, 6) is 0.444. The van der Waals surface area contributed by atoms with E-state index < -0.39 is 11.8 Å². The lowest BCUT2D eigenvalue weighted by molar-refractivity contribution is -0.0293. The zero-order chi connectivity index (χ0) is 11.4. The van der Waals surface area contributed by atoms with Crippen molar-refractivity contribution in [2.24, 2.45) is 29.6 Å². The molecule has 0 radical (unpaired) electrons. The number of halogens is 2. The first-order valence-electron chi connectivity index (χ1n) is 6.18. The van der Waals surface area contributed by atoms with Gasteiger partial charge in [0.1, 0.15) is 11.8 Å². The highest BCUT2D eigenvalue weighted by molar-refractivity contribution is 5.05. The van der Waals surface area contributed by atoms with E-state index in [0.29, 0.717) is 5.92 Å². The second-order valence-corrected chi connectivity index (χ2v) is 6.09. The molecule has 15 heavy (non-hydrogen) atoms. The first-order chi connectivity index (χ1) is 6.85. The van der Waals surface area contributed by atoms with Gasteiger partial charge in [-0.25, -0.2) is 8.78 Å². The fourth-order valence-corrected chi connectivity index (χ4v) is 4.13. The maximum absolute atomic E-state index is 14.5. The number of fused-ring (bicyclic) bond motifs is 1. The molecule has 0 nitrogen and oxygen atoms in total. The van der Waals surface area contributed by atoms with Crippen LogP contribution >= 0.6 is 0 Å². The van der Waals surface area contributed by atoms with Gasteiger partial charge in [-0.15, -0.1) is 0 Å². The molecule has 2 rings (SSSR count). The van der Waals surface area contributed by atoms with Gasteiger partial charge in [0.15, 0.2) is 0 Å². The third-order valence-corrected chi connectivity index (χ3v) is 5.07. The van der Waals surface area contributed by atoms with Gasteiger partial charge in [0, 0.05) is 5.92 Å². The van der Waals surface area contributed by atoms with Crippen molar-refractivity contribution in [3.63, 3.8) is 0 Å². The molecule has 0 aromatic rings. The largest absolute Gasteiger partial charge is 0.247 e. The fraction of sp³-hybridized carbons (Fsp3) is 1.00. The second kappa shape index (κ2) is 3.43. The average molecular weight is 216 g/mol. The van der Waals surface area contributed by atoms with E-state index in [1.54, 1.807) is 6.92 Å². The quantitative estimate of drug-likeness (QED) is 0.574. The summed E-state index contributed by atoms with van der Waals surface area (Å²) in [6.07, 6.45) is 1.01. The molecule has 2 aliphatic rings. The summed E-state index contributed by atoms with van der Waals surface area (Å²) >= 11 is 0. The summed E-state index contributed by atoms with van der Waals surface area (Å²) in [5, 5.41) is 0. The Hall–Kier alpha value is -0.140. The van der Waals surface area contributed by atoms with Crippen molar-refractivity contribution < 1.29 is 8.78 Å². The topological polar surface area (TPSA) is 0 Å². The molecule has 0 amide bonds. The molecule has 0 spiro atoms. The lowest BCUT2D eigenvalue weighted by Crippen LogP contribution is -2.44. The SMILES string of the molecule is CC1CC2CC(C)C(C)(F)C2C(C)C1F. The molecular weight excluding hydrogens is 194 g/mol. The molecule has 2 aliphatic carbocycles. The van der Waals surface area contributed by atoms with Crippen molar-refractivity contribution >= 4 is 0 Å². The van der Waals surface area contributed by atoms with E-state index in [0.717, 1.165) is 12.8 Å². The lowest BCUT2D eigenvalue weighted by Gasteiger charge is -2.42. The summed E-state index contributed by atoms with van der Waals surface area (Å²) in [5.41, 5.74) is -1.16. The maximum Gasteiger partial charge on any atom is 0.114 e. The first kappa shape index (κ1) is 11.3. The molecule has 0 aliphatic heterocycles. The molecular formula is C13H22F2. The van der Waals surface area contributed by atoms with E-state index in [1.807, 2.05) is 20.8 Å². The third-order valence-electron chi connectivity index (χ3n) is 5.07. The zero-order valence-corrected chi connectivity index (χ0v) is 10.1. The number of hydrogen-bond acceptors (Lipinski definition) is 0. The monoisotopic (exact) mass is 216 g/mol. The standard InChI is InChI=1S/C13H22F2/c1-7-5-10-6-8(2)13(4,15)11(10)9(3)12(7)14/h7-12H,5-6H2,1-4H3. The van der Waals surface area contributed by atoms with Crippen molar-refractivity contribution in [2.45, 2.75) is 52.4 Å². The Morgan fingerprint density at radius 2 is 1.73 bits per heavy atom. The highest BCUT2D eigenvalue weighted by atomic mass is 19.1. The van der Waals surface area contributed by atoms with Crippen LogP contribution in [0.3, 0.4) is 0 Å². The average Bonchev–Trinajstić information content (AvgIpc) is 2.34. The summed E-state index contributed by atoms with van der Waals surface area (Å²) in [6, 6.07) is 0. The van der Waals surface area contributed by atoms with E-state index in [1.165, 1.54) is 0 Å². The Morgan fingerprint density at radius 1 is 1.13 bits per heavy atom. The highest BCUT2D eigenvalue weighted by Crippen LogP contribution is 2.56. The van der Waals surface area contributed by atoms with Gasteiger partial charge in [0.25, 0.3) is 0 Å². The number of hydrogen-bond donors (Lipinski definition) is 0. The van der Waals surface area contributed by atoms with Crippen LogP contribution in [0.5, 0.6) is 0 Å². The van der Waals surface area contributed by atoms with Gasteiger partial charge in [0.05, 0.1) is 0 Å². The Morgan fingerprint density at radius 3 is 2.33 bits per heavy atom. The Balaban J connectivity index is 2.27. The molecule has 7 unspecified atom stereocenters. The smallest absolute Gasteiger partial charge is 0.114 e. The van der Waals surface area contributed by atoms with Crippen molar-refractivity contribution in [2.75, 3.05) is 0 Å². The van der Waals surface area contributed by atoms with E-state index in [2.05, 4.69) is 0 Å². The Kier molecular flexibility index (Phi) is 2.59. The van der Waals surface area contributed by atoms with E-state index in [9.17, 15) is 8.78 Å². The molecule has 2 saturated carbocycles. The molecule has 2 fully saturated rings. The van der Waals surface area contributed by atoms with Crippen molar-refractivity contribution in [1.29, 1.82) is 0 Å². The van der Waals surface area contributed by atoms with Crippen molar-refractivity contribution in [3.05, 3.63) is 0 Å². The minimum Gasteiger partial charge on any atom is -0.247 e. The van der Waals surface area contributed by atoms with Crippen LogP contribution in [0.25, 0.3) is 0 Å². The minimum atomic E-state index is -1.16. The summed E-state index contributed by atoms with van der Waals surface area (Å²) in [7, 11) is 0. The van der Waals surface area contributed by atoms with Gasteiger partial charge in [-0.05, 0) is 43.4 Å². The normalized spacial score (nSPS) is 60.4. The van der Waals surface area contributed by atoms with Crippen LogP contribution in [0.15, 0.2) is 0 Å². The van der Waals surface area contributed by atoms with Crippen LogP contribution in [-0.2, 0) is 0 Å². The summed E-state index contributed by atoms with van der Waals surface area (Å²) in [4.78, 5) is 0. The van der Waals surface area contributed by atoms with Gasteiger partial charge in [-0.1, -0.05) is 20.8 Å². The van der Waals surface area contributed by atoms with Crippen LogP contribution in [0, 0.1) is 29.6 Å². The van der Waals surface area contributed by atoms with Crippen molar-refractivity contribution in [3.8, 4) is 0 Å². The van der Waals surface area contributed by atoms with Crippen LogP contribution in [0.4, 0.5) is 8.78 Å². The molecule has 7 atom stereocenters. The van der Waals surface area contributed by atoms with Crippen LogP contribution in [0.1, 0.15) is 40.5 Å². The molecule has 88 valence electrons. The van der Waals surface area contributed by atoms with Crippen molar-refractivity contribution in [1.82, 2.24) is 0 Å². The molecule has 0 saturated heterocycles. The maximum atomic E-state index is 14.5. The number of rotatable bonds is 0. The van der Waals surface area contributed by atoms with Gasteiger partial charge in [-0.2, -0.15) is 0 Å². The predicted molar refractivity (Wildman–Crippen MR) is 58.1 cm³/mol. The van der Waals surface area contributed by atoms with Crippen LogP contribution in [0.2, 0.25) is 0 Å². The van der Waals surface area contributed by atoms with E-state index in [4.69, 9.17) is 0 Å². The van der Waals surface area contributed by atoms with Gasteiger partial charge >= 0.3 is 0 Å². The van der Waals surface area contributed by atoms with E-state index in [-0.39, 0.29) is 23.7 Å². The van der Waals surface area contributed by atoms with Crippen LogP contribution < -0.4 is 0 Å². The van der Waals surface area contributed by atoms with E-state index >= 15 is 0 Å². The zero-order valence-electron chi connectivity index (χ0n) is 10.1. The molecule has 0 N–H and O–H groups in total. The fourth-order valence-electron chi connectivity index (χ4n) is 4.13. The summed E-state index contributed by atoms with van der Waals surface area (Å²) in [6.45, 7) is 7.52. The highest BCUT2D eigenvalue weighted by Gasteiger charge is 2.57. The Labute approximate surface area is 91.4 Å². The van der Waals surface area contributed by atoms with Crippen LogP contribution in [-0.4, -0.2) is 11.8 Å². The molecule has 0 aromatic carbocycles. The summed E-state index contributed by atoms with van der Waals surface area (Å²) < 4.78 is 28.4. The third kappa shape index (κ3) is 1.52. The Bertz CT molecular complexity index is 247. The molecule has 0 bridgehead atoms. The van der Waals surface area contributed by atoms with Gasteiger partial charge in [0.2, 0.25) is 0 Å². The minimum absolute atomic E-state index is 0.0568. The van der Waals surface area contributed by atoms with Gasteiger partial charge in [-0.3, -0.25) is 0 Å². The molecule has 0 heterocycles. The predicted octanol–water partition coefficient (Wildman–Crippen LogP) is 4.00. The molecule has 2 heteroatoms. The van der Waals surface area contributed by atoms with Gasteiger partial charge < -0.3 is 0 Å². The number of alkyl halides is 2.